The number of rotatable bonds is 8. The van der Waals surface area contributed by atoms with Crippen molar-refractivity contribution in [2.24, 2.45) is 5.73 Å². The van der Waals surface area contributed by atoms with Crippen molar-refractivity contribution in [1.82, 2.24) is 4.98 Å². The molecule has 1 aliphatic carbocycles. The SMILES string of the molecule is Cc1nc(NC(=O)CCC(N)C(=O)OC2CCCC2)sc1-c1ccc(Cl)c(S(C)(=O)=O)c1. The minimum atomic E-state index is -3.49. The number of thiazole rings is 1. The van der Waals surface area contributed by atoms with E-state index < -0.39 is 21.8 Å². The van der Waals surface area contributed by atoms with E-state index in [4.69, 9.17) is 22.1 Å². The van der Waals surface area contributed by atoms with Crippen molar-refractivity contribution >= 4 is 49.8 Å². The fourth-order valence-electron chi connectivity index (χ4n) is 3.49. The summed E-state index contributed by atoms with van der Waals surface area (Å²) >= 11 is 7.24. The van der Waals surface area contributed by atoms with Gasteiger partial charge in [0, 0.05) is 12.7 Å². The Morgan fingerprint density at radius 2 is 2.03 bits per heavy atom. The maximum absolute atomic E-state index is 12.3. The van der Waals surface area contributed by atoms with E-state index in [-0.39, 0.29) is 34.8 Å². The number of halogens is 1. The standard InChI is InChI=1S/C21H26ClN3O5S2/c1-12-19(13-7-8-15(22)17(11-13)32(2,28)29)31-21(24-12)25-18(26)10-9-16(23)20(27)30-14-5-3-4-6-14/h7-8,11,14,16H,3-6,9-10,23H2,1-2H3,(H,24,25,26). The molecule has 3 N–H and O–H groups in total. The smallest absolute Gasteiger partial charge is 0.323 e. The van der Waals surface area contributed by atoms with Crippen LogP contribution in [0.25, 0.3) is 10.4 Å². The lowest BCUT2D eigenvalue weighted by Gasteiger charge is -2.15. The molecule has 0 aliphatic heterocycles. The van der Waals surface area contributed by atoms with Gasteiger partial charge in [0.05, 0.1) is 20.5 Å². The number of aryl methyl sites for hydroxylation is 1. The maximum Gasteiger partial charge on any atom is 0.323 e. The summed E-state index contributed by atoms with van der Waals surface area (Å²) in [4.78, 5) is 29.5. The molecule has 0 radical (unpaired) electrons. The van der Waals surface area contributed by atoms with Gasteiger partial charge in [0.15, 0.2) is 15.0 Å². The van der Waals surface area contributed by atoms with Crippen molar-refractivity contribution < 1.29 is 22.7 Å². The van der Waals surface area contributed by atoms with Crippen LogP contribution in [0.5, 0.6) is 0 Å². The maximum atomic E-state index is 12.3. The molecule has 2 aromatic rings. The van der Waals surface area contributed by atoms with Crippen molar-refractivity contribution in [2.75, 3.05) is 11.6 Å². The molecule has 1 amide bonds. The first-order valence-electron chi connectivity index (χ1n) is 10.3. The average Bonchev–Trinajstić information content (AvgIpc) is 3.35. The molecule has 1 unspecified atom stereocenters. The van der Waals surface area contributed by atoms with Gasteiger partial charge in [0.1, 0.15) is 12.1 Å². The van der Waals surface area contributed by atoms with E-state index in [9.17, 15) is 18.0 Å². The number of carbonyl (C=O) groups excluding carboxylic acids is 2. The summed E-state index contributed by atoms with van der Waals surface area (Å²) in [5, 5.41) is 3.24. The number of nitrogens with one attached hydrogen (secondary N) is 1. The van der Waals surface area contributed by atoms with Crippen LogP contribution < -0.4 is 11.1 Å². The molecule has 1 saturated carbocycles. The van der Waals surface area contributed by atoms with Crippen LogP contribution in [0.2, 0.25) is 5.02 Å². The molecule has 0 spiro atoms. The van der Waals surface area contributed by atoms with Crippen LogP contribution in [0, 0.1) is 6.92 Å². The predicted molar refractivity (Wildman–Crippen MR) is 125 cm³/mol. The zero-order valence-electron chi connectivity index (χ0n) is 17.9. The van der Waals surface area contributed by atoms with Gasteiger partial charge in [-0.15, -0.1) is 0 Å². The monoisotopic (exact) mass is 499 g/mol. The van der Waals surface area contributed by atoms with Gasteiger partial charge in [-0.1, -0.05) is 29.0 Å². The molecule has 32 heavy (non-hydrogen) atoms. The van der Waals surface area contributed by atoms with Crippen LogP contribution in [-0.4, -0.2) is 43.7 Å². The number of nitrogens with zero attached hydrogens (tertiary/aromatic N) is 1. The Hall–Kier alpha value is -2.01. The summed E-state index contributed by atoms with van der Waals surface area (Å²) < 4.78 is 29.3. The number of esters is 1. The van der Waals surface area contributed by atoms with Crippen LogP contribution in [-0.2, 0) is 24.2 Å². The lowest BCUT2D eigenvalue weighted by molar-refractivity contribution is -0.150. The normalized spacial score (nSPS) is 15.5. The molecule has 1 heterocycles. The number of benzene rings is 1. The van der Waals surface area contributed by atoms with Gasteiger partial charge in [0.2, 0.25) is 5.91 Å². The highest BCUT2D eigenvalue weighted by Crippen LogP contribution is 2.35. The Morgan fingerprint density at radius 1 is 1.34 bits per heavy atom. The Kier molecular flexibility index (Phi) is 7.92. The molecule has 3 rings (SSSR count). The first-order chi connectivity index (χ1) is 15.0. The van der Waals surface area contributed by atoms with Crippen LogP contribution in [0.3, 0.4) is 0 Å². The molecule has 0 saturated heterocycles. The molecule has 1 aliphatic rings. The van der Waals surface area contributed by atoms with Crippen LogP contribution >= 0.6 is 22.9 Å². The van der Waals surface area contributed by atoms with E-state index in [0.29, 0.717) is 16.4 Å². The number of hydrogen-bond acceptors (Lipinski definition) is 8. The van der Waals surface area contributed by atoms with Gasteiger partial charge in [-0.25, -0.2) is 13.4 Å². The van der Waals surface area contributed by atoms with Crippen molar-refractivity contribution in [3.63, 3.8) is 0 Å². The fourth-order valence-corrected chi connectivity index (χ4v) is 5.77. The lowest BCUT2D eigenvalue weighted by Crippen LogP contribution is -2.35. The number of anilines is 1. The number of hydrogen-bond donors (Lipinski definition) is 2. The minimum absolute atomic E-state index is 0.0357. The number of sulfone groups is 1. The second kappa shape index (κ2) is 10.3. The largest absolute Gasteiger partial charge is 0.461 e. The molecule has 8 nitrogen and oxygen atoms in total. The summed E-state index contributed by atoms with van der Waals surface area (Å²) in [5.74, 6) is -0.788. The summed E-state index contributed by atoms with van der Waals surface area (Å²) in [7, 11) is -3.49. The van der Waals surface area contributed by atoms with Gasteiger partial charge in [-0.05, 0) is 56.7 Å². The topological polar surface area (TPSA) is 128 Å². The highest BCUT2D eigenvalue weighted by Gasteiger charge is 2.24. The molecule has 11 heteroatoms. The van der Waals surface area contributed by atoms with Gasteiger partial charge >= 0.3 is 5.97 Å². The molecular weight excluding hydrogens is 474 g/mol. The molecule has 174 valence electrons. The lowest BCUT2D eigenvalue weighted by atomic mass is 10.1. The third-order valence-electron chi connectivity index (χ3n) is 5.21. The molecular formula is C21H26ClN3O5S2. The van der Waals surface area contributed by atoms with Crippen molar-refractivity contribution in [1.29, 1.82) is 0 Å². The molecule has 1 atom stereocenters. The van der Waals surface area contributed by atoms with Crippen LogP contribution in [0.1, 0.15) is 44.2 Å². The van der Waals surface area contributed by atoms with E-state index in [2.05, 4.69) is 10.3 Å². The van der Waals surface area contributed by atoms with Crippen LogP contribution in [0.15, 0.2) is 23.1 Å². The van der Waals surface area contributed by atoms with Crippen molar-refractivity contribution in [3.05, 3.63) is 28.9 Å². The summed E-state index contributed by atoms with van der Waals surface area (Å²) in [6.45, 7) is 1.77. The zero-order valence-corrected chi connectivity index (χ0v) is 20.3. The highest BCUT2D eigenvalue weighted by atomic mass is 35.5. The molecule has 1 aromatic heterocycles. The number of carbonyl (C=O) groups is 2. The fraction of sp³-hybridized carbons (Fsp3) is 0.476. The number of aromatic nitrogens is 1. The third kappa shape index (κ3) is 6.28. The van der Waals surface area contributed by atoms with E-state index in [1.54, 1.807) is 13.0 Å². The molecule has 0 bridgehead atoms. The van der Waals surface area contributed by atoms with Crippen LogP contribution in [0.4, 0.5) is 5.13 Å². The Bertz CT molecular complexity index is 1110. The quantitative estimate of drug-likeness (QED) is 0.529. The minimum Gasteiger partial charge on any atom is -0.461 e. The van der Waals surface area contributed by atoms with E-state index >= 15 is 0 Å². The van der Waals surface area contributed by atoms with Gasteiger partial charge in [-0.2, -0.15) is 0 Å². The summed E-state index contributed by atoms with van der Waals surface area (Å²) in [6, 6.07) is 3.88. The van der Waals surface area contributed by atoms with Gasteiger partial charge < -0.3 is 15.8 Å². The highest BCUT2D eigenvalue weighted by molar-refractivity contribution is 7.90. The number of nitrogens with two attached hydrogens (primary N) is 1. The summed E-state index contributed by atoms with van der Waals surface area (Å²) in [6.07, 6.45) is 5.09. The first kappa shape index (κ1) is 24.6. The summed E-state index contributed by atoms with van der Waals surface area (Å²) in [5.41, 5.74) is 7.16. The molecule has 1 fully saturated rings. The Balaban J connectivity index is 1.60. The van der Waals surface area contributed by atoms with E-state index in [1.165, 1.54) is 23.5 Å². The predicted octanol–water partition coefficient (Wildman–Crippen LogP) is 3.71. The average molecular weight is 500 g/mol. The number of amides is 1. The Labute approximate surface area is 196 Å². The second-order valence-corrected chi connectivity index (χ2v) is 11.3. The number of ether oxygens (including phenoxy) is 1. The van der Waals surface area contributed by atoms with Crippen molar-refractivity contribution in [3.8, 4) is 10.4 Å². The van der Waals surface area contributed by atoms with Gasteiger partial charge in [-0.3, -0.25) is 9.59 Å². The second-order valence-electron chi connectivity index (χ2n) is 7.89. The Morgan fingerprint density at radius 3 is 2.69 bits per heavy atom. The first-order valence-corrected chi connectivity index (χ1v) is 13.4. The third-order valence-corrected chi connectivity index (χ3v) is 7.91. The van der Waals surface area contributed by atoms with Gasteiger partial charge in [0.25, 0.3) is 0 Å². The van der Waals surface area contributed by atoms with E-state index in [1.807, 2.05) is 0 Å². The van der Waals surface area contributed by atoms with Crippen molar-refractivity contribution in [2.45, 2.75) is 62.5 Å². The van der Waals surface area contributed by atoms with E-state index in [0.717, 1.165) is 36.8 Å². The zero-order chi connectivity index (χ0) is 23.5. The molecule has 1 aromatic carbocycles.